The standard InChI is InChI=1S/C30H39N7O5S2.C30H38N6O5S3.C25H30N6O3S3/c1-17(32-28(41)42-29(2,3)4)7-8-21-24-18(30(9-10-30)35-26(24)40)13-23(38)37(21)14-22-33-20(16-43-22)27-34-19(15-44-27)25(39)31-11-12-36(5)6;1-17(32-28(40)41-29(2,3)4)7-8-21-24-18(30(9-10-30)35-26(24)39)13-23(37)36(21)14-22-33-20(16-43-22)27-34-19(15-44-27)25(38)31-11-6-12-42-5;1-14(26)4-5-18-21-15(25(6-7-25)30-23(21)34)10-20(32)31(18)11-19-28-17(13-36-19)24-29-16(12-37-24)22(33)27-8-3-9-35-2/h13,15-17H,7-12,14H2,1-6H3,(H,31,39)(H,32,41)(H,35,40);13,15-17H,6-12,14H2,1-5H3,(H,31,38)(H,32,40)(H,35,39);10,12-14H,3-9,11,26H2,1-2H3,(H,27,33)(H,30,34)/t2*17-;14-/m000/s1. The molecule has 0 bridgehead atoms. The molecule has 0 aromatic carbocycles. The predicted molar refractivity (Wildman–Crippen MR) is 492 cm³/mol. The van der Waals surface area contributed by atoms with Crippen molar-refractivity contribution in [3.63, 3.8) is 0 Å². The van der Waals surface area contributed by atoms with Gasteiger partial charge in [-0.25, -0.2) is 39.5 Å². The van der Waals surface area contributed by atoms with Gasteiger partial charge in [0.05, 0.1) is 52.9 Å². The van der Waals surface area contributed by atoms with E-state index in [2.05, 4.69) is 57.5 Å². The number of likely N-dealkylation sites (N-methyl/N-ethyl adjacent to an activating group) is 1. The van der Waals surface area contributed by atoms with Gasteiger partial charge in [0.15, 0.2) is 0 Å². The van der Waals surface area contributed by atoms with Crippen molar-refractivity contribution in [3.05, 3.63) is 164 Å². The molecule has 40 heteroatoms. The minimum absolute atomic E-state index is 0.0490. The fraction of sp³-hybridized carbons (Fsp3) is 0.518. The smallest absolute Gasteiger partial charge is 0.407 e. The lowest BCUT2D eigenvalue weighted by atomic mass is 9.98. The highest BCUT2D eigenvalue weighted by molar-refractivity contribution is 7.98. The second-order valence-corrected chi connectivity index (χ2v) is 41.8. The number of thiazole rings is 6. The minimum atomic E-state index is -0.619. The Hall–Kier alpha value is -9.39. The van der Waals surface area contributed by atoms with Crippen LogP contribution < -0.4 is 64.9 Å². The van der Waals surface area contributed by atoms with Crippen LogP contribution in [-0.2, 0) is 65.0 Å². The Balaban J connectivity index is 0.000000162. The van der Waals surface area contributed by atoms with Crippen LogP contribution in [0.5, 0.6) is 0 Å². The van der Waals surface area contributed by atoms with Crippen molar-refractivity contribution in [2.24, 2.45) is 5.73 Å². The van der Waals surface area contributed by atoms with Crippen LogP contribution in [0.2, 0.25) is 0 Å². The van der Waals surface area contributed by atoms with Gasteiger partial charge >= 0.3 is 12.2 Å². The molecule has 3 fully saturated rings. The van der Waals surface area contributed by atoms with Crippen LogP contribution >= 0.6 is 91.5 Å². The van der Waals surface area contributed by atoms with Crippen molar-refractivity contribution >= 4 is 139 Å². The summed E-state index contributed by atoms with van der Waals surface area (Å²) in [6.45, 7) is 19.6. The second kappa shape index (κ2) is 39.5. The van der Waals surface area contributed by atoms with Gasteiger partial charge in [-0.2, -0.15) is 23.5 Å². The fourth-order valence-electron chi connectivity index (χ4n) is 15.0. The number of pyridine rings is 3. The second-order valence-electron chi connectivity index (χ2n) is 34.5. The number of alkyl carbamates (subject to hydrolysis) is 2. The Morgan fingerprint density at radius 3 is 1.08 bits per heavy atom. The van der Waals surface area contributed by atoms with Crippen molar-refractivity contribution in [2.75, 3.05) is 64.3 Å². The molecule has 3 spiro atoms. The quantitative estimate of drug-likeness (QED) is 0.0169. The van der Waals surface area contributed by atoms with Gasteiger partial charge in [0.25, 0.3) is 52.1 Å². The van der Waals surface area contributed by atoms with E-state index in [1.54, 1.807) is 113 Å². The predicted octanol–water partition coefficient (Wildman–Crippen LogP) is 10.9. The summed E-state index contributed by atoms with van der Waals surface area (Å²) in [5.74, 6) is 0.894. The number of hydrogen-bond donors (Lipinski definition) is 9. The Morgan fingerprint density at radius 1 is 0.480 bits per heavy atom. The van der Waals surface area contributed by atoms with E-state index in [0.29, 0.717) is 145 Å². The number of nitrogens with one attached hydrogen (secondary N) is 8. The number of fused-ring (bicyclic) bond motifs is 6. The molecule has 15 rings (SSSR count). The normalized spacial score (nSPS) is 15.7. The third kappa shape index (κ3) is 23.0. The van der Waals surface area contributed by atoms with E-state index in [1.165, 1.54) is 68.0 Å². The first-order valence-electron chi connectivity index (χ1n) is 41.7. The Kier molecular flexibility index (Phi) is 29.4. The zero-order chi connectivity index (χ0) is 89.6. The Morgan fingerprint density at radius 2 is 0.792 bits per heavy atom. The topological polar surface area (TPSA) is 424 Å². The van der Waals surface area contributed by atoms with Gasteiger partial charge in [-0.05, 0) is 207 Å². The van der Waals surface area contributed by atoms with E-state index in [0.717, 1.165) is 96.8 Å². The first kappa shape index (κ1) is 93.3. The molecule has 0 saturated heterocycles. The molecule has 9 aromatic heterocycles. The van der Waals surface area contributed by atoms with Crippen LogP contribution in [0.3, 0.4) is 0 Å². The van der Waals surface area contributed by atoms with Crippen LogP contribution in [-0.4, -0.2) is 190 Å². The minimum Gasteiger partial charge on any atom is -0.444 e. The van der Waals surface area contributed by atoms with E-state index < -0.39 is 34.5 Å². The lowest BCUT2D eigenvalue weighted by Crippen LogP contribution is -2.38. The first-order chi connectivity index (χ1) is 59.4. The highest BCUT2D eigenvalue weighted by atomic mass is 32.2. The highest BCUT2D eigenvalue weighted by Gasteiger charge is 2.56. The van der Waals surface area contributed by atoms with E-state index >= 15 is 0 Å². The molecule has 0 radical (unpaired) electrons. The summed E-state index contributed by atoms with van der Waals surface area (Å²) in [4.78, 5) is 171. The summed E-state index contributed by atoms with van der Waals surface area (Å²) >= 11 is 11.8. The Labute approximate surface area is 756 Å². The number of carbonyl (C=O) groups excluding carboxylic acids is 8. The maximum Gasteiger partial charge on any atom is 0.407 e. The van der Waals surface area contributed by atoms with Crippen molar-refractivity contribution in [1.82, 2.24) is 91.0 Å². The van der Waals surface area contributed by atoms with Crippen molar-refractivity contribution in [3.8, 4) is 32.1 Å². The zero-order valence-electron chi connectivity index (χ0n) is 72.3. The number of carbonyl (C=O) groups is 8. The molecule has 0 unspecified atom stereocenters. The number of aromatic nitrogens is 9. The number of amides is 8. The van der Waals surface area contributed by atoms with Crippen molar-refractivity contribution in [1.29, 1.82) is 0 Å². The summed E-state index contributed by atoms with van der Waals surface area (Å²) in [6.07, 6.45) is 12.8. The lowest BCUT2D eigenvalue weighted by Gasteiger charge is -2.22. The van der Waals surface area contributed by atoms with Crippen molar-refractivity contribution < 1.29 is 47.8 Å². The lowest BCUT2D eigenvalue weighted by molar-refractivity contribution is 0.0494. The van der Waals surface area contributed by atoms with E-state index in [9.17, 15) is 52.7 Å². The third-order valence-corrected chi connectivity index (χ3v) is 28.1. The highest BCUT2D eigenvalue weighted by Crippen LogP contribution is 2.53. The molecular weight excluding hydrogens is 1750 g/mol. The molecule has 32 nitrogen and oxygen atoms in total. The number of thioether (sulfide) groups is 2. The van der Waals surface area contributed by atoms with Crippen LogP contribution in [0, 0.1) is 0 Å². The summed E-state index contributed by atoms with van der Waals surface area (Å²) in [5.41, 5.74) is 12.2. The summed E-state index contributed by atoms with van der Waals surface area (Å²) in [7, 11) is 3.88. The van der Waals surface area contributed by atoms with Gasteiger partial charge in [0, 0.05) is 112 Å². The molecule has 10 N–H and O–H groups in total. The number of nitrogens with zero attached hydrogens (tertiary/aromatic N) is 10. The largest absolute Gasteiger partial charge is 0.444 e. The average molecular weight is 1860 g/mol. The van der Waals surface area contributed by atoms with Gasteiger partial charge in [-0.15, -0.1) is 68.0 Å². The molecule has 125 heavy (non-hydrogen) atoms. The first-order valence-corrected chi connectivity index (χ1v) is 49.7. The molecule has 12 heterocycles. The number of hydrogen-bond acceptors (Lipinski definition) is 29. The van der Waals surface area contributed by atoms with Gasteiger partial charge in [0.2, 0.25) is 0 Å². The van der Waals surface area contributed by atoms with Gasteiger partial charge < -0.3 is 76.3 Å². The monoisotopic (exact) mass is 1860 g/mol. The van der Waals surface area contributed by atoms with Gasteiger partial charge in [0.1, 0.15) is 75.4 Å². The summed E-state index contributed by atoms with van der Waals surface area (Å²) in [6, 6.07) is 4.24. The summed E-state index contributed by atoms with van der Waals surface area (Å²) < 4.78 is 15.7. The van der Waals surface area contributed by atoms with Crippen LogP contribution in [0.1, 0.15) is 244 Å². The molecular formula is C85H107N19O13S8. The van der Waals surface area contributed by atoms with Crippen molar-refractivity contribution in [2.45, 2.75) is 218 Å². The maximum absolute atomic E-state index is 13.5. The molecule has 3 aliphatic carbocycles. The fourth-order valence-corrected chi connectivity index (χ4v) is 20.6. The number of ether oxygens (including phenoxy) is 2. The molecule has 3 aliphatic heterocycles. The molecule has 9 aromatic rings. The Bertz CT molecular complexity index is 5730. The molecule has 3 atom stereocenters. The number of nitrogens with two attached hydrogens (primary N) is 1. The van der Waals surface area contributed by atoms with E-state index in [4.69, 9.17) is 30.2 Å². The van der Waals surface area contributed by atoms with E-state index in [-0.39, 0.29) is 95.4 Å². The SMILES string of the molecule is CSCCCNC(=O)c1csc(-c2csc(Cn3c(CC[C@H](C)N)c4c(cc3=O)C3(CC3)NC4=O)n2)n1.CSCCCNC(=O)c1csc(-c2csc(Cn3c(CC[C@H](C)NC(=O)OC(C)(C)C)c4c(cc3=O)C3(CC3)NC4=O)n2)n1.C[C@@H](CCc1c2c(cc(=O)n1Cc1nc(-c3nc(C(=O)NCCN(C)C)cs3)cs1)C1(CC1)NC2=O)NC(=O)OC(C)(C)C. The molecule has 3 saturated carbocycles. The van der Waals surface area contributed by atoms with Crippen LogP contribution in [0.15, 0.2) is 64.9 Å². The van der Waals surface area contributed by atoms with Crippen LogP contribution in [0.4, 0.5) is 9.59 Å². The summed E-state index contributed by atoms with van der Waals surface area (Å²) in [5, 5.41) is 38.4. The van der Waals surface area contributed by atoms with E-state index in [1.807, 2.05) is 68.4 Å². The average Bonchev–Trinajstić information content (AvgIpc) is 1.56. The zero-order valence-corrected chi connectivity index (χ0v) is 78.8. The number of rotatable bonds is 34. The molecule has 8 amide bonds. The van der Waals surface area contributed by atoms with Gasteiger partial charge in [-0.3, -0.25) is 43.2 Å². The van der Waals surface area contributed by atoms with Gasteiger partial charge in [-0.1, -0.05) is 0 Å². The third-order valence-electron chi connectivity index (χ3n) is 21.6. The maximum atomic E-state index is 13.5. The molecule has 668 valence electrons. The molecule has 6 aliphatic rings. The van der Waals surface area contributed by atoms with Crippen LogP contribution in [0.25, 0.3) is 32.1 Å².